The molecule has 0 radical (unpaired) electrons. The van der Waals surface area contributed by atoms with E-state index in [0.717, 1.165) is 31.9 Å². The Bertz CT molecular complexity index is 1090. The Morgan fingerprint density at radius 2 is 1.72 bits per heavy atom. The second-order valence-corrected chi connectivity index (χ2v) is 8.71. The lowest BCUT2D eigenvalue weighted by Crippen LogP contribution is -2.59. The minimum Gasteiger partial charge on any atom is -0.379 e. The van der Waals surface area contributed by atoms with Crippen molar-refractivity contribution >= 4 is 16.7 Å². The van der Waals surface area contributed by atoms with Crippen molar-refractivity contribution in [2.75, 3.05) is 31.1 Å². The van der Waals surface area contributed by atoms with Crippen LogP contribution in [-0.2, 0) is 0 Å². The predicted molar refractivity (Wildman–Crippen MR) is 114 cm³/mol. The highest BCUT2D eigenvalue weighted by atomic mass is 19.4. The smallest absolute Gasteiger partial charge is 0.379 e. The number of nitrogens with zero attached hydrogens (tertiary/aromatic N) is 4. The SMILES string of the molecule is OC(c1cccc(-c2cc(N3CC(N4CCCCCC4)C3)c3nonc3c2)c1)C(F)(F)F. The van der Waals surface area contributed by atoms with Crippen LogP contribution in [0.5, 0.6) is 0 Å². The van der Waals surface area contributed by atoms with Crippen LogP contribution in [-0.4, -0.2) is 58.7 Å². The van der Waals surface area contributed by atoms with Gasteiger partial charge in [0.1, 0.15) is 5.52 Å². The van der Waals surface area contributed by atoms with Crippen LogP contribution in [0.2, 0.25) is 0 Å². The maximum atomic E-state index is 13.0. The largest absolute Gasteiger partial charge is 0.418 e. The average Bonchev–Trinajstić information content (AvgIpc) is 3.07. The van der Waals surface area contributed by atoms with Gasteiger partial charge < -0.3 is 10.0 Å². The Kier molecular flexibility index (Phi) is 5.54. The molecule has 1 aromatic heterocycles. The first-order valence-electron chi connectivity index (χ1n) is 11.0. The van der Waals surface area contributed by atoms with E-state index in [1.54, 1.807) is 12.1 Å². The number of likely N-dealkylation sites (tertiary alicyclic amines) is 1. The average molecular weight is 446 g/mol. The number of rotatable bonds is 4. The van der Waals surface area contributed by atoms with Gasteiger partial charge >= 0.3 is 6.18 Å². The minimum absolute atomic E-state index is 0.194. The fraction of sp³-hybridized carbons (Fsp3) is 0.478. The van der Waals surface area contributed by atoms with Crippen molar-refractivity contribution in [1.29, 1.82) is 0 Å². The van der Waals surface area contributed by atoms with Gasteiger partial charge in [0.25, 0.3) is 0 Å². The summed E-state index contributed by atoms with van der Waals surface area (Å²) < 4.78 is 43.9. The lowest BCUT2D eigenvalue weighted by Gasteiger charge is -2.46. The standard InChI is InChI=1S/C23H25F3N4O2/c24-23(25,26)22(31)16-7-5-6-15(10-16)17-11-19-21(28-32-27-19)20(12-17)30-13-18(14-30)29-8-3-1-2-4-9-29/h5-7,10-12,18,22,31H,1-4,8-9,13-14H2. The summed E-state index contributed by atoms with van der Waals surface area (Å²) in [5, 5.41) is 17.7. The first-order valence-corrected chi connectivity index (χ1v) is 11.0. The van der Waals surface area contributed by atoms with E-state index >= 15 is 0 Å². The van der Waals surface area contributed by atoms with Crippen molar-refractivity contribution in [3.63, 3.8) is 0 Å². The third kappa shape index (κ3) is 4.06. The van der Waals surface area contributed by atoms with E-state index in [2.05, 4.69) is 20.1 Å². The van der Waals surface area contributed by atoms with Crippen molar-refractivity contribution in [2.45, 2.75) is 44.0 Å². The first-order chi connectivity index (χ1) is 15.4. The molecule has 2 fully saturated rings. The molecular weight excluding hydrogens is 421 g/mol. The molecule has 2 saturated heterocycles. The van der Waals surface area contributed by atoms with Crippen molar-refractivity contribution in [3.8, 4) is 11.1 Å². The number of benzene rings is 2. The monoisotopic (exact) mass is 446 g/mol. The molecule has 5 rings (SSSR count). The van der Waals surface area contributed by atoms with Gasteiger partial charge in [0.15, 0.2) is 11.6 Å². The van der Waals surface area contributed by atoms with Crippen molar-refractivity contribution in [2.24, 2.45) is 0 Å². The molecule has 32 heavy (non-hydrogen) atoms. The van der Waals surface area contributed by atoms with Gasteiger partial charge in [0.05, 0.1) is 5.69 Å². The van der Waals surface area contributed by atoms with Gasteiger partial charge in [0, 0.05) is 19.1 Å². The van der Waals surface area contributed by atoms with E-state index in [0.29, 0.717) is 28.2 Å². The van der Waals surface area contributed by atoms with Crippen LogP contribution in [0.15, 0.2) is 41.0 Å². The lowest BCUT2D eigenvalue weighted by atomic mass is 9.98. The Labute approximate surface area is 183 Å². The van der Waals surface area contributed by atoms with Crippen LogP contribution in [0.4, 0.5) is 18.9 Å². The third-order valence-corrected chi connectivity index (χ3v) is 6.55. The molecule has 3 heterocycles. The Morgan fingerprint density at radius 3 is 2.44 bits per heavy atom. The molecule has 2 aliphatic rings. The predicted octanol–water partition coefficient (Wildman–Crippen LogP) is 4.55. The molecule has 6 nitrogen and oxygen atoms in total. The third-order valence-electron chi connectivity index (χ3n) is 6.55. The molecule has 2 aromatic carbocycles. The van der Waals surface area contributed by atoms with Gasteiger partial charge in [-0.3, -0.25) is 4.90 Å². The maximum Gasteiger partial charge on any atom is 0.418 e. The minimum atomic E-state index is -4.72. The molecule has 9 heteroatoms. The lowest BCUT2D eigenvalue weighted by molar-refractivity contribution is -0.206. The van der Waals surface area contributed by atoms with Gasteiger partial charge in [-0.15, -0.1) is 0 Å². The fourth-order valence-corrected chi connectivity index (χ4v) is 4.70. The molecule has 0 amide bonds. The van der Waals surface area contributed by atoms with Crippen LogP contribution in [0.1, 0.15) is 37.4 Å². The van der Waals surface area contributed by atoms with Gasteiger partial charge in [-0.1, -0.05) is 31.0 Å². The highest BCUT2D eigenvalue weighted by Crippen LogP contribution is 2.37. The fourth-order valence-electron chi connectivity index (χ4n) is 4.70. The summed E-state index contributed by atoms with van der Waals surface area (Å²) in [7, 11) is 0. The normalized spacial score (nSPS) is 19.7. The summed E-state index contributed by atoms with van der Waals surface area (Å²) in [6, 6.07) is 10.1. The zero-order valence-electron chi connectivity index (χ0n) is 17.6. The summed E-state index contributed by atoms with van der Waals surface area (Å²) >= 11 is 0. The number of hydrogen-bond acceptors (Lipinski definition) is 6. The summed E-state index contributed by atoms with van der Waals surface area (Å²) in [6.45, 7) is 4.01. The molecule has 0 aliphatic carbocycles. The number of fused-ring (bicyclic) bond motifs is 1. The van der Waals surface area contributed by atoms with E-state index in [9.17, 15) is 18.3 Å². The topological polar surface area (TPSA) is 65.6 Å². The number of aliphatic hydroxyl groups excluding tert-OH is 1. The molecule has 1 unspecified atom stereocenters. The summed E-state index contributed by atoms with van der Waals surface area (Å²) in [4.78, 5) is 4.79. The molecule has 170 valence electrons. The van der Waals surface area contributed by atoms with E-state index in [4.69, 9.17) is 4.63 Å². The quantitative estimate of drug-likeness (QED) is 0.634. The number of alkyl halides is 3. The molecule has 2 aliphatic heterocycles. The number of aromatic nitrogens is 2. The second kappa shape index (κ2) is 8.37. The summed E-state index contributed by atoms with van der Waals surface area (Å²) in [5.41, 5.74) is 3.15. The van der Waals surface area contributed by atoms with Gasteiger partial charge in [-0.05, 0) is 71.1 Å². The number of hydrogen-bond donors (Lipinski definition) is 1. The van der Waals surface area contributed by atoms with Crippen molar-refractivity contribution in [1.82, 2.24) is 15.2 Å². The Morgan fingerprint density at radius 1 is 0.969 bits per heavy atom. The van der Waals surface area contributed by atoms with Crippen LogP contribution < -0.4 is 4.90 Å². The van der Waals surface area contributed by atoms with Crippen LogP contribution in [0.3, 0.4) is 0 Å². The molecular formula is C23H25F3N4O2. The number of halogens is 3. The van der Waals surface area contributed by atoms with Gasteiger partial charge in [-0.25, -0.2) is 4.63 Å². The molecule has 3 aromatic rings. The first kappa shape index (κ1) is 21.2. The van der Waals surface area contributed by atoms with Crippen LogP contribution in [0.25, 0.3) is 22.2 Å². The Hall–Kier alpha value is -2.65. The molecule has 1 atom stereocenters. The Balaban J connectivity index is 1.42. The molecule has 0 spiro atoms. The number of aliphatic hydroxyl groups is 1. The number of anilines is 1. The molecule has 1 N–H and O–H groups in total. The summed E-state index contributed by atoms with van der Waals surface area (Å²) in [5.74, 6) is 0. The highest BCUT2D eigenvalue weighted by molar-refractivity contribution is 5.93. The van der Waals surface area contributed by atoms with Crippen LogP contribution >= 0.6 is 0 Å². The van der Waals surface area contributed by atoms with Crippen LogP contribution in [0, 0.1) is 0 Å². The zero-order valence-corrected chi connectivity index (χ0v) is 17.6. The second-order valence-electron chi connectivity index (χ2n) is 8.71. The zero-order chi connectivity index (χ0) is 22.3. The maximum absolute atomic E-state index is 13.0. The van der Waals surface area contributed by atoms with E-state index < -0.39 is 12.3 Å². The van der Waals surface area contributed by atoms with Gasteiger partial charge in [-0.2, -0.15) is 13.2 Å². The van der Waals surface area contributed by atoms with Crippen molar-refractivity contribution in [3.05, 3.63) is 42.0 Å². The molecule has 0 saturated carbocycles. The van der Waals surface area contributed by atoms with E-state index in [1.165, 1.54) is 43.9 Å². The molecule has 0 bridgehead atoms. The summed E-state index contributed by atoms with van der Waals surface area (Å²) in [6.07, 6.45) is -2.18. The highest BCUT2D eigenvalue weighted by Gasteiger charge is 2.39. The van der Waals surface area contributed by atoms with Gasteiger partial charge in [0.2, 0.25) is 0 Å². The van der Waals surface area contributed by atoms with Crippen molar-refractivity contribution < 1.29 is 22.9 Å². The van der Waals surface area contributed by atoms with E-state index in [1.807, 2.05) is 6.07 Å². The van der Waals surface area contributed by atoms with E-state index in [-0.39, 0.29) is 5.56 Å².